The molecule has 2 heterocycles. The van der Waals surface area contributed by atoms with Gasteiger partial charge in [0, 0.05) is 24.8 Å². The van der Waals surface area contributed by atoms with Crippen LogP contribution < -0.4 is 17.0 Å². The number of aryl methyl sites for hydroxylation is 1. The van der Waals surface area contributed by atoms with Gasteiger partial charge in [-0.3, -0.25) is 9.78 Å². The van der Waals surface area contributed by atoms with E-state index in [1.54, 1.807) is 30.5 Å². The topological polar surface area (TPSA) is 54.1 Å². The van der Waals surface area contributed by atoms with E-state index in [0.717, 1.165) is 13.0 Å². The molecular formula is C28H43ClN2O2. The number of carbonyl (C=O) groups excluding carboxylic acids is 1. The van der Waals surface area contributed by atoms with E-state index in [0.29, 0.717) is 11.4 Å². The molecule has 1 unspecified atom stereocenters. The van der Waals surface area contributed by atoms with Crippen molar-refractivity contribution in [3.05, 3.63) is 60.2 Å². The van der Waals surface area contributed by atoms with Crippen molar-refractivity contribution in [2.45, 2.75) is 109 Å². The van der Waals surface area contributed by atoms with Crippen LogP contribution in [0.4, 0.5) is 0 Å². The molecule has 2 aromatic heterocycles. The Labute approximate surface area is 207 Å². The molecule has 0 fully saturated rings. The van der Waals surface area contributed by atoms with Crippen molar-refractivity contribution in [3.8, 4) is 0 Å². The van der Waals surface area contributed by atoms with Crippen LogP contribution in [0.1, 0.15) is 119 Å². The first-order valence-electron chi connectivity index (χ1n) is 12.9. The number of aromatic nitrogens is 2. The minimum absolute atomic E-state index is 0. The van der Waals surface area contributed by atoms with Crippen molar-refractivity contribution in [1.29, 1.82) is 0 Å². The maximum absolute atomic E-state index is 12.8. The monoisotopic (exact) mass is 474 g/mol. The van der Waals surface area contributed by atoms with Gasteiger partial charge in [0.05, 0.1) is 5.69 Å². The van der Waals surface area contributed by atoms with Gasteiger partial charge in [-0.25, -0.2) is 0 Å². The highest BCUT2D eigenvalue weighted by Gasteiger charge is 2.27. The fraction of sp³-hybridized carbons (Fsp3) is 0.607. The largest absolute Gasteiger partial charge is 1.00 e. The van der Waals surface area contributed by atoms with E-state index in [2.05, 4.69) is 11.9 Å². The number of hydrogen-bond acceptors (Lipinski definition) is 3. The Morgan fingerprint density at radius 2 is 1.36 bits per heavy atom. The zero-order chi connectivity index (χ0) is 22.9. The number of aliphatic hydroxyl groups excluding tert-OH is 1. The maximum Gasteiger partial charge on any atom is 0.260 e. The maximum atomic E-state index is 12.8. The van der Waals surface area contributed by atoms with Crippen molar-refractivity contribution in [2.75, 3.05) is 0 Å². The molecular weight excluding hydrogens is 432 g/mol. The Morgan fingerprint density at radius 1 is 0.818 bits per heavy atom. The van der Waals surface area contributed by atoms with Crippen LogP contribution in [0.25, 0.3) is 0 Å². The summed E-state index contributed by atoms with van der Waals surface area (Å²) in [6, 6.07) is 10.8. The average Bonchev–Trinajstić information content (AvgIpc) is 2.84. The summed E-state index contributed by atoms with van der Waals surface area (Å²) < 4.78 is 1.97. The third-order valence-electron chi connectivity index (χ3n) is 6.16. The van der Waals surface area contributed by atoms with Gasteiger partial charge >= 0.3 is 0 Å². The van der Waals surface area contributed by atoms with Gasteiger partial charge in [-0.15, -0.1) is 0 Å². The minimum atomic E-state index is -1.22. The zero-order valence-corrected chi connectivity index (χ0v) is 21.2. The van der Waals surface area contributed by atoms with E-state index < -0.39 is 6.10 Å². The van der Waals surface area contributed by atoms with E-state index >= 15 is 0 Å². The SMILES string of the molecule is CCCCCCCCCCCCCCCC[n+]1ccccc1C(=O)C(O)c1ccccn1.[Cl-]. The first kappa shape index (κ1) is 29.3. The Kier molecular flexibility index (Phi) is 16.5. The van der Waals surface area contributed by atoms with Crippen LogP contribution in [-0.2, 0) is 6.54 Å². The molecule has 0 aliphatic carbocycles. The van der Waals surface area contributed by atoms with Crippen LogP contribution in [0.15, 0.2) is 48.8 Å². The fourth-order valence-electron chi connectivity index (χ4n) is 4.18. The van der Waals surface area contributed by atoms with Crippen LogP contribution in [0.2, 0.25) is 0 Å². The summed E-state index contributed by atoms with van der Waals surface area (Å²) in [7, 11) is 0. The molecule has 1 N–H and O–H groups in total. The molecule has 5 heteroatoms. The molecule has 2 aromatic rings. The summed E-state index contributed by atoms with van der Waals surface area (Å²) in [4.78, 5) is 16.9. The number of carbonyl (C=O) groups is 1. The molecule has 0 spiro atoms. The number of Topliss-reactive ketones (excluding diaryl/α,β-unsaturated/α-hetero) is 1. The standard InChI is InChI=1S/C28H43N2O2.ClH/c1-2-3-4-5-6-7-8-9-10-11-12-13-14-18-23-30-24-19-16-21-26(30)28(32)27(31)25-20-15-17-22-29-25;/h15-17,19-22,24,27,31H,2-14,18,23H2,1H3;1H/q+1;/p-1. The number of pyridine rings is 2. The lowest BCUT2D eigenvalue weighted by Gasteiger charge is -2.09. The summed E-state index contributed by atoms with van der Waals surface area (Å²) in [5, 5.41) is 10.4. The Balaban J connectivity index is 0.00000544. The van der Waals surface area contributed by atoms with Gasteiger partial charge in [0.2, 0.25) is 0 Å². The number of aliphatic hydroxyl groups is 1. The molecule has 33 heavy (non-hydrogen) atoms. The number of ketones is 1. The van der Waals surface area contributed by atoms with Gasteiger partial charge in [-0.2, -0.15) is 4.57 Å². The van der Waals surface area contributed by atoms with Crippen molar-refractivity contribution >= 4 is 5.78 Å². The van der Waals surface area contributed by atoms with Crippen molar-refractivity contribution in [2.24, 2.45) is 0 Å². The van der Waals surface area contributed by atoms with E-state index in [1.807, 2.05) is 22.9 Å². The molecule has 1 atom stereocenters. The lowest BCUT2D eigenvalue weighted by molar-refractivity contribution is -0.699. The first-order valence-corrected chi connectivity index (χ1v) is 12.9. The van der Waals surface area contributed by atoms with Crippen LogP contribution in [-0.4, -0.2) is 15.9 Å². The molecule has 4 nitrogen and oxygen atoms in total. The second kappa shape index (κ2) is 18.6. The van der Waals surface area contributed by atoms with Gasteiger partial charge in [0.1, 0.15) is 6.54 Å². The first-order chi connectivity index (χ1) is 15.7. The molecule has 0 saturated carbocycles. The molecule has 184 valence electrons. The number of halogens is 1. The van der Waals surface area contributed by atoms with Crippen molar-refractivity contribution in [1.82, 2.24) is 4.98 Å². The molecule has 0 amide bonds. The molecule has 0 saturated heterocycles. The summed E-state index contributed by atoms with van der Waals surface area (Å²) in [6.45, 7) is 3.07. The van der Waals surface area contributed by atoms with Gasteiger partial charge < -0.3 is 17.5 Å². The predicted molar refractivity (Wildman–Crippen MR) is 130 cm³/mol. The van der Waals surface area contributed by atoms with Gasteiger partial charge in [0.25, 0.3) is 11.5 Å². The normalized spacial score (nSPS) is 11.7. The quantitative estimate of drug-likeness (QED) is 0.203. The molecule has 0 radical (unpaired) electrons. The van der Waals surface area contributed by atoms with Crippen LogP contribution >= 0.6 is 0 Å². The van der Waals surface area contributed by atoms with Gasteiger partial charge in [-0.05, 0) is 24.6 Å². The predicted octanol–water partition coefficient (Wildman–Crippen LogP) is 3.77. The molecule has 0 aliphatic heterocycles. The number of hydrogen-bond donors (Lipinski definition) is 1. The van der Waals surface area contributed by atoms with Crippen LogP contribution in [0.5, 0.6) is 0 Å². The number of nitrogens with zero attached hydrogens (tertiary/aromatic N) is 2. The average molecular weight is 475 g/mol. The lowest BCUT2D eigenvalue weighted by atomic mass is 10.0. The van der Waals surface area contributed by atoms with Crippen molar-refractivity contribution in [3.63, 3.8) is 0 Å². The van der Waals surface area contributed by atoms with Crippen molar-refractivity contribution < 1.29 is 26.9 Å². The third-order valence-corrected chi connectivity index (χ3v) is 6.16. The van der Waals surface area contributed by atoms with Gasteiger partial charge in [0.15, 0.2) is 12.3 Å². The molecule has 0 aliphatic rings. The molecule has 2 rings (SSSR count). The second-order valence-electron chi connectivity index (χ2n) is 8.90. The second-order valence-corrected chi connectivity index (χ2v) is 8.90. The molecule has 0 bridgehead atoms. The number of rotatable bonds is 18. The lowest BCUT2D eigenvalue weighted by Crippen LogP contribution is -3.00. The smallest absolute Gasteiger partial charge is 0.260 e. The minimum Gasteiger partial charge on any atom is -1.00 e. The summed E-state index contributed by atoms with van der Waals surface area (Å²) >= 11 is 0. The van der Waals surface area contributed by atoms with Crippen LogP contribution in [0.3, 0.4) is 0 Å². The molecule has 0 aromatic carbocycles. The summed E-state index contributed by atoms with van der Waals surface area (Å²) in [6.07, 6.45) is 21.0. The number of unbranched alkanes of at least 4 members (excludes halogenated alkanes) is 13. The highest BCUT2D eigenvalue weighted by molar-refractivity contribution is 5.96. The Hall–Kier alpha value is -1.78. The zero-order valence-electron chi connectivity index (χ0n) is 20.4. The Bertz CT molecular complexity index is 755. The fourth-order valence-corrected chi connectivity index (χ4v) is 4.18. The third kappa shape index (κ3) is 11.8. The van der Waals surface area contributed by atoms with E-state index in [1.165, 1.54) is 83.5 Å². The van der Waals surface area contributed by atoms with E-state index in [9.17, 15) is 9.90 Å². The van der Waals surface area contributed by atoms with Gasteiger partial charge in [-0.1, -0.05) is 90.0 Å². The Morgan fingerprint density at radius 3 is 1.91 bits per heavy atom. The van der Waals surface area contributed by atoms with E-state index in [-0.39, 0.29) is 18.2 Å². The summed E-state index contributed by atoms with van der Waals surface area (Å²) in [5.74, 6) is -0.297. The highest BCUT2D eigenvalue weighted by Crippen LogP contribution is 2.15. The summed E-state index contributed by atoms with van der Waals surface area (Å²) in [5.41, 5.74) is 0.935. The van der Waals surface area contributed by atoms with E-state index in [4.69, 9.17) is 0 Å². The van der Waals surface area contributed by atoms with Crippen LogP contribution in [0, 0.1) is 0 Å². The highest BCUT2D eigenvalue weighted by atomic mass is 35.5.